The highest BCUT2D eigenvalue weighted by atomic mass is 127. The van der Waals surface area contributed by atoms with Crippen LogP contribution in [0, 0.1) is 5.92 Å². The number of halogens is 1. The summed E-state index contributed by atoms with van der Waals surface area (Å²) in [6.07, 6.45) is 3.39. The standard InChI is InChI=1S/C20H26N4O3S.HI/c21-20(22-12-13-28(25,26)23-15-16-6-4-7-16)24-17-8-5-11-19(14-17)27-18-9-2-1-3-10-18;/h1-3,5,8-11,14,16,23H,4,6-7,12-13,15H2,(H3,21,22,24);1H. The zero-order valence-corrected chi connectivity index (χ0v) is 19.2. The lowest BCUT2D eigenvalue weighted by Crippen LogP contribution is -2.34. The van der Waals surface area contributed by atoms with E-state index in [4.69, 9.17) is 10.5 Å². The van der Waals surface area contributed by atoms with Crippen molar-refractivity contribution in [3.8, 4) is 11.5 Å². The highest BCUT2D eigenvalue weighted by Crippen LogP contribution is 2.25. The van der Waals surface area contributed by atoms with Gasteiger partial charge in [-0.2, -0.15) is 0 Å². The molecule has 1 aliphatic rings. The van der Waals surface area contributed by atoms with Crippen molar-refractivity contribution in [3.63, 3.8) is 0 Å². The average molecular weight is 530 g/mol. The van der Waals surface area contributed by atoms with Crippen molar-refractivity contribution in [2.24, 2.45) is 16.6 Å². The van der Waals surface area contributed by atoms with E-state index in [2.05, 4.69) is 15.0 Å². The fraction of sp³-hybridized carbons (Fsp3) is 0.350. The minimum absolute atomic E-state index is 0. The number of para-hydroxylation sites is 1. The predicted molar refractivity (Wildman–Crippen MR) is 128 cm³/mol. The lowest BCUT2D eigenvalue weighted by Gasteiger charge is -2.25. The maximum Gasteiger partial charge on any atom is 0.213 e. The van der Waals surface area contributed by atoms with Crippen LogP contribution in [-0.2, 0) is 10.0 Å². The highest BCUT2D eigenvalue weighted by Gasteiger charge is 2.19. The molecule has 0 amide bonds. The molecule has 0 unspecified atom stereocenters. The van der Waals surface area contributed by atoms with Gasteiger partial charge in [0.15, 0.2) is 5.96 Å². The van der Waals surface area contributed by atoms with Gasteiger partial charge in [-0.25, -0.2) is 13.1 Å². The number of nitrogens with zero attached hydrogens (tertiary/aromatic N) is 1. The van der Waals surface area contributed by atoms with Crippen molar-refractivity contribution in [2.75, 3.05) is 24.2 Å². The molecule has 0 atom stereocenters. The van der Waals surface area contributed by atoms with Crippen LogP contribution < -0.4 is 20.5 Å². The summed E-state index contributed by atoms with van der Waals surface area (Å²) in [5, 5.41) is 2.96. The average Bonchev–Trinajstić information content (AvgIpc) is 2.61. The fourth-order valence-electron chi connectivity index (χ4n) is 2.75. The van der Waals surface area contributed by atoms with Crippen LogP contribution in [0.2, 0.25) is 0 Å². The quantitative estimate of drug-likeness (QED) is 0.261. The zero-order valence-electron chi connectivity index (χ0n) is 16.1. The summed E-state index contributed by atoms with van der Waals surface area (Å²) in [4.78, 5) is 4.10. The van der Waals surface area contributed by atoms with Gasteiger partial charge < -0.3 is 15.8 Å². The maximum atomic E-state index is 12.0. The Labute approximate surface area is 189 Å². The molecule has 1 fully saturated rings. The van der Waals surface area contributed by atoms with E-state index in [1.54, 1.807) is 6.07 Å². The van der Waals surface area contributed by atoms with E-state index in [0.29, 0.717) is 23.9 Å². The Morgan fingerprint density at radius 1 is 1.10 bits per heavy atom. The molecular formula is C20H27IN4O3S. The first-order valence-electron chi connectivity index (χ1n) is 9.37. The molecule has 2 aromatic carbocycles. The summed E-state index contributed by atoms with van der Waals surface area (Å²) >= 11 is 0. The molecule has 1 saturated carbocycles. The largest absolute Gasteiger partial charge is 0.457 e. The second kappa shape index (κ2) is 11.4. The summed E-state index contributed by atoms with van der Waals surface area (Å²) in [5.41, 5.74) is 6.58. The lowest BCUT2D eigenvalue weighted by atomic mass is 9.86. The number of rotatable bonds is 9. The van der Waals surface area contributed by atoms with E-state index in [1.165, 1.54) is 6.42 Å². The molecule has 1 aliphatic carbocycles. The first kappa shape index (κ1) is 23.4. The van der Waals surface area contributed by atoms with Gasteiger partial charge in [0.2, 0.25) is 10.0 Å². The monoisotopic (exact) mass is 530 g/mol. The van der Waals surface area contributed by atoms with Gasteiger partial charge in [0.05, 0.1) is 12.3 Å². The minimum atomic E-state index is -3.32. The van der Waals surface area contributed by atoms with Crippen molar-refractivity contribution in [1.29, 1.82) is 0 Å². The molecule has 158 valence electrons. The molecule has 0 heterocycles. The third-order valence-corrected chi connectivity index (χ3v) is 5.87. The van der Waals surface area contributed by atoms with Crippen LogP contribution in [0.15, 0.2) is 59.6 Å². The number of nitrogens with two attached hydrogens (primary N) is 1. The van der Waals surface area contributed by atoms with Gasteiger partial charge in [-0.15, -0.1) is 24.0 Å². The SMILES string of the molecule is I.NC(=NCCS(=O)(=O)NCC1CCC1)Nc1cccc(Oc2ccccc2)c1. The van der Waals surface area contributed by atoms with E-state index in [-0.39, 0.29) is 42.2 Å². The van der Waals surface area contributed by atoms with Gasteiger partial charge in [-0.05, 0) is 43.0 Å². The van der Waals surface area contributed by atoms with Gasteiger partial charge >= 0.3 is 0 Å². The topological polar surface area (TPSA) is 106 Å². The first-order valence-corrected chi connectivity index (χ1v) is 11.0. The molecule has 0 radical (unpaired) electrons. The molecular weight excluding hydrogens is 503 g/mol. The predicted octanol–water partition coefficient (Wildman–Crippen LogP) is 3.54. The van der Waals surface area contributed by atoms with Gasteiger partial charge in [0.25, 0.3) is 0 Å². The molecule has 0 aromatic heterocycles. The van der Waals surface area contributed by atoms with Gasteiger partial charge in [0, 0.05) is 18.3 Å². The maximum absolute atomic E-state index is 12.0. The number of hydrogen-bond acceptors (Lipinski definition) is 4. The van der Waals surface area contributed by atoms with Crippen LogP contribution in [-0.4, -0.2) is 33.2 Å². The van der Waals surface area contributed by atoms with Crippen LogP contribution in [0.3, 0.4) is 0 Å². The molecule has 9 heteroatoms. The van der Waals surface area contributed by atoms with Gasteiger partial charge in [-0.1, -0.05) is 30.7 Å². The molecule has 0 saturated heterocycles. The summed E-state index contributed by atoms with van der Waals surface area (Å²) in [6, 6.07) is 16.8. The number of aliphatic imine (C=N–C) groups is 1. The number of ether oxygens (including phenoxy) is 1. The molecule has 0 aliphatic heterocycles. The van der Waals surface area contributed by atoms with Crippen LogP contribution >= 0.6 is 24.0 Å². The molecule has 0 bridgehead atoms. The van der Waals surface area contributed by atoms with Gasteiger partial charge in [-0.3, -0.25) is 4.99 Å². The Morgan fingerprint density at radius 2 is 1.83 bits per heavy atom. The smallest absolute Gasteiger partial charge is 0.213 e. The van der Waals surface area contributed by atoms with Crippen molar-refractivity contribution in [1.82, 2.24) is 4.72 Å². The third kappa shape index (κ3) is 8.19. The first-order chi connectivity index (χ1) is 13.5. The second-order valence-corrected chi connectivity index (χ2v) is 8.73. The molecule has 7 nitrogen and oxygen atoms in total. The van der Waals surface area contributed by atoms with Crippen molar-refractivity contribution in [2.45, 2.75) is 19.3 Å². The minimum Gasteiger partial charge on any atom is -0.457 e. The number of sulfonamides is 1. The van der Waals surface area contributed by atoms with Crippen LogP contribution in [0.1, 0.15) is 19.3 Å². The van der Waals surface area contributed by atoms with Crippen LogP contribution in [0.5, 0.6) is 11.5 Å². The summed E-state index contributed by atoms with van der Waals surface area (Å²) < 4.78 is 32.4. The van der Waals surface area contributed by atoms with E-state index in [9.17, 15) is 8.42 Å². The number of nitrogens with one attached hydrogen (secondary N) is 2. The van der Waals surface area contributed by atoms with Crippen LogP contribution in [0.4, 0.5) is 5.69 Å². The normalized spacial score (nSPS) is 14.6. The Morgan fingerprint density at radius 3 is 2.52 bits per heavy atom. The molecule has 0 spiro atoms. The van der Waals surface area contributed by atoms with E-state index in [1.807, 2.05) is 48.5 Å². The van der Waals surface area contributed by atoms with Crippen molar-refractivity contribution in [3.05, 3.63) is 54.6 Å². The zero-order chi connectivity index (χ0) is 19.8. The Bertz CT molecular complexity index is 903. The molecule has 2 aromatic rings. The second-order valence-electron chi connectivity index (χ2n) is 6.80. The number of hydrogen-bond donors (Lipinski definition) is 3. The van der Waals surface area contributed by atoms with E-state index in [0.717, 1.165) is 18.6 Å². The van der Waals surface area contributed by atoms with Crippen molar-refractivity contribution < 1.29 is 13.2 Å². The Hall–Kier alpha value is -1.85. The highest BCUT2D eigenvalue weighted by molar-refractivity contribution is 14.0. The summed E-state index contributed by atoms with van der Waals surface area (Å²) in [6.45, 7) is 0.618. The number of benzene rings is 2. The van der Waals surface area contributed by atoms with Crippen molar-refractivity contribution >= 4 is 45.6 Å². The van der Waals surface area contributed by atoms with E-state index >= 15 is 0 Å². The van der Waals surface area contributed by atoms with Gasteiger partial charge in [0.1, 0.15) is 11.5 Å². The molecule has 3 rings (SSSR count). The molecule has 4 N–H and O–H groups in total. The Balaban J connectivity index is 0.00000300. The molecule has 29 heavy (non-hydrogen) atoms. The Kier molecular flexibility index (Phi) is 9.18. The fourth-order valence-corrected chi connectivity index (χ4v) is 3.72. The summed E-state index contributed by atoms with van der Waals surface area (Å²) in [5.74, 6) is 1.95. The lowest BCUT2D eigenvalue weighted by molar-refractivity contribution is 0.316. The third-order valence-electron chi connectivity index (χ3n) is 4.54. The summed E-state index contributed by atoms with van der Waals surface area (Å²) in [7, 11) is -3.32. The van der Waals surface area contributed by atoms with E-state index < -0.39 is 10.0 Å². The number of guanidine groups is 1. The van der Waals surface area contributed by atoms with Crippen LogP contribution in [0.25, 0.3) is 0 Å². The number of anilines is 1.